The van der Waals surface area contributed by atoms with Crippen molar-refractivity contribution in [1.29, 1.82) is 4.78 Å². The topological polar surface area (TPSA) is 79.6 Å². The zero-order valence-electron chi connectivity index (χ0n) is 12.9. The molecule has 0 heterocycles. The fraction of sp³-hybridized carbons (Fsp3) is 0.375. The maximum atomic E-state index is 12.0. The molecule has 6 heteroatoms. The second kappa shape index (κ2) is 8.48. The van der Waals surface area contributed by atoms with Crippen molar-refractivity contribution in [2.24, 2.45) is 10.9 Å². The van der Waals surface area contributed by atoms with Crippen molar-refractivity contribution in [3.63, 3.8) is 0 Å². The molecule has 22 heavy (non-hydrogen) atoms. The summed E-state index contributed by atoms with van der Waals surface area (Å²) in [5.74, 6) is 0.192. The van der Waals surface area contributed by atoms with Crippen LogP contribution in [-0.2, 0) is 14.5 Å². The molecule has 0 spiro atoms. The second-order valence-electron chi connectivity index (χ2n) is 5.19. The molecule has 120 valence electrons. The molecule has 0 saturated heterocycles. The number of hydrogen-bond donors (Lipinski definition) is 1. The van der Waals surface area contributed by atoms with Gasteiger partial charge in [-0.2, -0.15) is 4.99 Å². The summed E-state index contributed by atoms with van der Waals surface area (Å²) in [6, 6.07) is 9.25. The average molecular weight is 322 g/mol. The number of amides is 1. The van der Waals surface area contributed by atoms with E-state index in [0.717, 1.165) is 11.1 Å². The maximum absolute atomic E-state index is 12.0. The molecular weight excluding hydrogens is 300 g/mol. The van der Waals surface area contributed by atoms with Crippen LogP contribution in [0.2, 0.25) is 0 Å². The highest BCUT2D eigenvalue weighted by Crippen LogP contribution is 2.16. The van der Waals surface area contributed by atoms with Gasteiger partial charge >= 0.3 is 6.09 Å². The van der Waals surface area contributed by atoms with E-state index in [4.69, 9.17) is 9.52 Å². The minimum Gasteiger partial charge on any atom is -0.440 e. The summed E-state index contributed by atoms with van der Waals surface area (Å²) in [4.78, 5) is 15.1. The van der Waals surface area contributed by atoms with Crippen LogP contribution >= 0.6 is 0 Å². The molecule has 0 radical (unpaired) electrons. The summed E-state index contributed by atoms with van der Waals surface area (Å²) in [6.45, 7) is 7.21. The lowest BCUT2D eigenvalue weighted by atomic mass is 10.1. The SMILES string of the molecule is C=CC[C@H](C)CS(=N)(=O)C=NC(=O)O[C@@H](C)c1ccccc1. The highest BCUT2D eigenvalue weighted by atomic mass is 32.2. The third kappa shape index (κ3) is 6.67. The van der Waals surface area contributed by atoms with E-state index in [-0.39, 0.29) is 11.7 Å². The Labute approximate surface area is 132 Å². The van der Waals surface area contributed by atoms with Gasteiger partial charge in [0.1, 0.15) is 11.7 Å². The number of nitrogens with zero attached hydrogens (tertiary/aromatic N) is 1. The Hall–Kier alpha value is -1.95. The molecule has 1 aromatic carbocycles. The Morgan fingerprint density at radius 1 is 1.41 bits per heavy atom. The number of carbonyl (C=O) groups is 1. The van der Waals surface area contributed by atoms with Gasteiger partial charge in [0, 0.05) is 5.75 Å². The number of ether oxygens (including phenoxy) is 1. The number of nitrogens with one attached hydrogen (secondary N) is 1. The second-order valence-corrected chi connectivity index (χ2v) is 7.19. The van der Waals surface area contributed by atoms with Crippen LogP contribution in [0.4, 0.5) is 4.79 Å². The zero-order valence-corrected chi connectivity index (χ0v) is 13.7. The first-order valence-corrected chi connectivity index (χ1v) is 8.80. The molecule has 1 rings (SSSR count). The van der Waals surface area contributed by atoms with Gasteiger partial charge in [0.25, 0.3) is 0 Å². The van der Waals surface area contributed by atoms with Crippen molar-refractivity contribution in [3.8, 4) is 0 Å². The Balaban J connectivity index is 2.58. The number of allylic oxidation sites excluding steroid dienone is 1. The average Bonchev–Trinajstić information content (AvgIpc) is 2.46. The van der Waals surface area contributed by atoms with Gasteiger partial charge in [0.15, 0.2) is 0 Å². The van der Waals surface area contributed by atoms with E-state index in [1.807, 2.05) is 37.3 Å². The standard InChI is InChI=1S/C16H22N2O3S/c1-4-8-13(2)11-22(17,20)12-18-16(19)21-14(3)15-9-6-5-7-10-15/h4-7,9-10,12-14,17H,1,8,11H2,2-3H3/t13-,14-,22?/m0/s1. The molecule has 1 aromatic rings. The first-order valence-electron chi connectivity index (χ1n) is 7.01. The molecule has 0 fully saturated rings. The van der Waals surface area contributed by atoms with Gasteiger partial charge in [-0.25, -0.2) is 13.8 Å². The lowest BCUT2D eigenvalue weighted by Gasteiger charge is -2.11. The van der Waals surface area contributed by atoms with Crippen LogP contribution in [0, 0.1) is 10.7 Å². The molecular formula is C16H22N2O3S. The zero-order chi connectivity index (χ0) is 16.6. The van der Waals surface area contributed by atoms with E-state index in [1.165, 1.54) is 0 Å². The fourth-order valence-corrected chi connectivity index (χ4v) is 3.24. The Morgan fingerprint density at radius 2 is 2.05 bits per heavy atom. The van der Waals surface area contributed by atoms with Crippen molar-refractivity contribution < 1.29 is 13.7 Å². The van der Waals surface area contributed by atoms with Crippen LogP contribution in [0.3, 0.4) is 0 Å². The van der Waals surface area contributed by atoms with Crippen LogP contribution in [0.15, 0.2) is 48.0 Å². The highest BCUT2D eigenvalue weighted by molar-refractivity contribution is 8.05. The lowest BCUT2D eigenvalue weighted by Crippen LogP contribution is -2.14. The number of rotatable bonds is 7. The molecule has 1 N–H and O–H groups in total. The quantitative estimate of drug-likeness (QED) is 0.465. The van der Waals surface area contributed by atoms with Crippen molar-refractivity contribution in [2.75, 3.05) is 5.75 Å². The summed E-state index contributed by atoms with van der Waals surface area (Å²) in [6.07, 6.45) is 1.09. The van der Waals surface area contributed by atoms with Crippen LogP contribution < -0.4 is 0 Å². The summed E-state index contributed by atoms with van der Waals surface area (Å²) in [5, 5.41) is 0. The maximum Gasteiger partial charge on any atom is 0.434 e. The first-order chi connectivity index (χ1) is 10.3. The molecule has 0 aliphatic rings. The van der Waals surface area contributed by atoms with Gasteiger partial charge in [-0.3, -0.25) is 0 Å². The van der Waals surface area contributed by atoms with Gasteiger partial charge in [0.05, 0.1) is 9.73 Å². The van der Waals surface area contributed by atoms with Gasteiger partial charge < -0.3 is 4.74 Å². The van der Waals surface area contributed by atoms with Gasteiger partial charge in [-0.1, -0.05) is 43.3 Å². The smallest absolute Gasteiger partial charge is 0.434 e. The predicted octanol–water partition coefficient (Wildman–Crippen LogP) is 4.17. The molecule has 0 bridgehead atoms. The summed E-state index contributed by atoms with van der Waals surface area (Å²) in [5.41, 5.74) is 1.74. The van der Waals surface area contributed by atoms with Crippen molar-refractivity contribution in [2.45, 2.75) is 26.4 Å². The van der Waals surface area contributed by atoms with Crippen LogP contribution in [0.1, 0.15) is 31.9 Å². The number of hydrogen-bond acceptors (Lipinski definition) is 4. The highest BCUT2D eigenvalue weighted by Gasteiger charge is 2.13. The van der Waals surface area contributed by atoms with E-state index in [0.29, 0.717) is 6.42 Å². The summed E-state index contributed by atoms with van der Waals surface area (Å²) < 4.78 is 24.8. The Morgan fingerprint density at radius 3 is 2.64 bits per heavy atom. The predicted molar refractivity (Wildman–Crippen MR) is 89.5 cm³/mol. The van der Waals surface area contributed by atoms with E-state index in [1.54, 1.807) is 13.0 Å². The molecule has 0 saturated carbocycles. The van der Waals surface area contributed by atoms with Gasteiger partial charge in [-0.15, -0.1) is 6.58 Å². The number of aliphatic imine (C=N–C) groups is 1. The largest absolute Gasteiger partial charge is 0.440 e. The minimum absolute atomic E-state index is 0.0493. The molecule has 1 unspecified atom stereocenters. The van der Waals surface area contributed by atoms with Crippen molar-refractivity contribution in [3.05, 3.63) is 48.6 Å². The van der Waals surface area contributed by atoms with Gasteiger partial charge in [0.2, 0.25) is 0 Å². The Bertz CT molecular complexity index is 624. The Kier molecular flexibility index (Phi) is 6.98. The minimum atomic E-state index is -3.04. The number of carbonyl (C=O) groups excluding carboxylic acids is 1. The normalized spacial score (nSPS) is 16.6. The summed E-state index contributed by atoms with van der Waals surface area (Å²) >= 11 is 0. The van der Waals surface area contributed by atoms with Crippen molar-refractivity contribution in [1.82, 2.24) is 0 Å². The molecule has 0 aromatic heterocycles. The molecule has 0 aliphatic heterocycles. The molecule has 0 aliphatic carbocycles. The van der Waals surface area contributed by atoms with E-state index in [9.17, 15) is 9.00 Å². The lowest BCUT2D eigenvalue weighted by molar-refractivity contribution is 0.117. The molecule has 5 nitrogen and oxygen atoms in total. The summed E-state index contributed by atoms with van der Waals surface area (Å²) in [7, 11) is -3.04. The first kappa shape index (κ1) is 18.1. The van der Waals surface area contributed by atoms with Crippen molar-refractivity contribution >= 4 is 21.4 Å². The third-order valence-corrected chi connectivity index (χ3v) is 4.49. The van der Waals surface area contributed by atoms with E-state index in [2.05, 4.69) is 11.6 Å². The fourth-order valence-electron chi connectivity index (χ4n) is 1.92. The van der Waals surface area contributed by atoms with Crippen LogP contribution in [-0.4, -0.2) is 21.6 Å². The third-order valence-electron chi connectivity index (χ3n) is 2.98. The van der Waals surface area contributed by atoms with Crippen LogP contribution in [0.25, 0.3) is 0 Å². The molecule has 3 atom stereocenters. The monoisotopic (exact) mass is 322 g/mol. The number of benzene rings is 1. The van der Waals surface area contributed by atoms with Crippen LogP contribution in [0.5, 0.6) is 0 Å². The van der Waals surface area contributed by atoms with E-state index >= 15 is 0 Å². The van der Waals surface area contributed by atoms with Gasteiger partial charge in [-0.05, 0) is 24.8 Å². The van der Waals surface area contributed by atoms with E-state index < -0.39 is 21.9 Å². The molecule has 1 amide bonds.